The maximum absolute atomic E-state index is 11.5. The summed E-state index contributed by atoms with van der Waals surface area (Å²) in [6.07, 6.45) is 1.23. The second-order valence-corrected chi connectivity index (χ2v) is 4.12. The van der Waals surface area contributed by atoms with Crippen molar-refractivity contribution < 1.29 is 9.21 Å². The topological polar surface area (TPSA) is 69.8 Å². The van der Waals surface area contributed by atoms with Gasteiger partial charge in [-0.15, -0.1) is 0 Å². The van der Waals surface area contributed by atoms with Crippen molar-refractivity contribution in [1.29, 1.82) is 0 Å². The normalized spacial score (nSPS) is 10.2. The van der Waals surface area contributed by atoms with Gasteiger partial charge in [0.1, 0.15) is 5.58 Å². The van der Waals surface area contributed by atoms with Crippen LogP contribution in [0.2, 0.25) is 0 Å². The molecule has 0 radical (unpaired) electrons. The zero-order valence-electron chi connectivity index (χ0n) is 11.0. The van der Waals surface area contributed by atoms with Crippen molar-refractivity contribution in [3.8, 4) is 0 Å². The van der Waals surface area contributed by atoms with Gasteiger partial charge < -0.3 is 14.8 Å². The lowest BCUT2D eigenvalue weighted by molar-refractivity contribution is 0.00463. The Labute approximate surface area is 110 Å². The van der Waals surface area contributed by atoms with Gasteiger partial charge in [0.05, 0.1) is 5.56 Å². The summed E-state index contributed by atoms with van der Waals surface area (Å²) >= 11 is 0. The fourth-order valence-electron chi connectivity index (χ4n) is 2.13. The second-order valence-electron chi connectivity index (χ2n) is 4.12. The van der Waals surface area contributed by atoms with Crippen LogP contribution in [0.15, 0.2) is 33.5 Å². The zero-order valence-corrected chi connectivity index (χ0v) is 11.0. The molecule has 0 aliphatic heterocycles. The molecule has 0 amide bonds. The lowest BCUT2D eigenvalue weighted by Gasteiger charge is -2.20. The molecule has 19 heavy (non-hydrogen) atoms. The highest BCUT2D eigenvalue weighted by Crippen LogP contribution is 2.22. The molecule has 2 rings (SSSR count). The SMILES string of the molecule is CCN(CC)c1ccc2c(C=[N+]=[N-])cc(=O)oc2c1. The van der Waals surface area contributed by atoms with E-state index in [4.69, 9.17) is 9.95 Å². The van der Waals surface area contributed by atoms with Gasteiger partial charge in [0.2, 0.25) is 0 Å². The monoisotopic (exact) mass is 257 g/mol. The summed E-state index contributed by atoms with van der Waals surface area (Å²) in [7, 11) is 0. The van der Waals surface area contributed by atoms with Crippen LogP contribution in [0.5, 0.6) is 0 Å². The summed E-state index contributed by atoms with van der Waals surface area (Å²) in [5.41, 5.74) is 10.2. The van der Waals surface area contributed by atoms with E-state index in [1.165, 1.54) is 12.3 Å². The third kappa shape index (κ3) is 2.56. The molecule has 0 aliphatic rings. The smallest absolute Gasteiger partial charge is 0.337 e. The number of hydrogen-bond donors (Lipinski definition) is 0. The highest BCUT2D eigenvalue weighted by atomic mass is 16.4. The average Bonchev–Trinajstić information content (AvgIpc) is 2.40. The van der Waals surface area contributed by atoms with Gasteiger partial charge in [0.15, 0.2) is 0 Å². The van der Waals surface area contributed by atoms with Gasteiger partial charge in [-0.25, -0.2) is 4.79 Å². The summed E-state index contributed by atoms with van der Waals surface area (Å²) in [6, 6.07) is 6.96. The van der Waals surface area contributed by atoms with Crippen LogP contribution >= 0.6 is 0 Å². The predicted octanol–water partition coefficient (Wildman–Crippen LogP) is 2.29. The largest absolute Gasteiger partial charge is 0.423 e. The van der Waals surface area contributed by atoms with Crippen LogP contribution in [0.1, 0.15) is 19.4 Å². The van der Waals surface area contributed by atoms with Crippen LogP contribution < -0.4 is 10.5 Å². The summed E-state index contributed by atoms with van der Waals surface area (Å²) < 4.78 is 5.20. The third-order valence-electron chi connectivity index (χ3n) is 3.09. The summed E-state index contributed by atoms with van der Waals surface area (Å²) in [5, 5.41) is 0.744. The molecule has 1 aromatic carbocycles. The van der Waals surface area contributed by atoms with E-state index in [2.05, 4.69) is 23.5 Å². The van der Waals surface area contributed by atoms with Crippen molar-refractivity contribution in [2.45, 2.75) is 13.8 Å². The molecule has 98 valence electrons. The van der Waals surface area contributed by atoms with Gasteiger partial charge >= 0.3 is 5.63 Å². The second kappa shape index (κ2) is 5.50. The van der Waals surface area contributed by atoms with Crippen LogP contribution in [-0.4, -0.2) is 24.1 Å². The number of benzene rings is 1. The van der Waals surface area contributed by atoms with E-state index in [9.17, 15) is 4.79 Å². The molecule has 0 saturated carbocycles. The van der Waals surface area contributed by atoms with E-state index >= 15 is 0 Å². The molecule has 1 aromatic heterocycles. The molecule has 1 heterocycles. The third-order valence-corrected chi connectivity index (χ3v) is 3.09. The summed E-state index contributed by atoms with van der Waals surface area (Å²) in [4.78, 5) is 16.6. The highest BCUT2D eigenvalue weighted by molar-refractivity contribution is 5.96. The van der Waals surface area contributed by atoms with Crippen molar-refractivity contribution in [3.05, 3.63) is 45.8 Å². The predicted molar refractivity (Wildman–Crippen MR) is 74.8 cm³/mol. The molecule has 0 N–H and O–H groups in total. The molecule has 0 atom stereocenters. The van der Waals surface area contributed by atoms with Gasteiger partial charge in [-0.05, 0) is 26.0 Å². The molecule has 5 heteroatoms. The Kier molecular flexibility index (Phi) is 3.78. The Bertz CT molecular complexity index is 695. The quantitative estimate of drug-likeness (QED) is 0.365. The zero-order chi connectivity index (χ0) is 13.8. The minimum atomic E-state index is -0.459. The van der Waals surface area contributed by atoms with Crippen LogP contribution in [-0.2, 0) is 0 Å². The number of hydrogen-bond acceptors (Lipinski definition) is 3. The number of fused-ring (bicyclic) bond motifs is 1. The molecule has 2 aromatic rings. The molecular formula is C14H15N3O2. The van der Waals surface area contributed by atoms with E-state index < -0.39 is 5.63 Å². The fraction of sp³-hybridized carbons (Fsp3) is 0.286. The lowest BCUT2D eigenvalue weighted by Crippen LogP contribution is -2.21. The number of anilines is 1. The first-order valence-electron chi connectivity index (χ1n) is 6.19. The van der Waals surface area contributed by atoms with E-state index in [0.29, 0.717) is 11.1 Å². The van der Waals surface area contributed by atoms with E-state index in [0.717, 1.165) is 24.2 Å². The Hall–Kier alpha value is -2.39. The minimum absolute atomic E-state index is 0.459. The standard InChI is InChI=1S/C14H15N3O2/c1-3-17(4-2)11-5-6-12-10(9-16-15)7-14(18)19-13(12)8-11/h5-9H,3-4H2,1-2H3. The summed E-state index contributed by atoms with van der Waals surface area (Å²) in [6.45, 7) is 5.89. The van der Waals surface area contributed by atoms with Crippen molar-refractivity contribution in [3.63, 3.8) is 0 Å². The van der Waals surface area contributed by atoms with Gasteiger partial charge in [-0.1, -0.05) is 0 Å². The number of rotatable bonds is 4. The Morgan fingerprint density at radius 2 is 2.05 bits per heavy atom. The van der Waals surface area contributed by atoms with Crippen LogP contribution in [0.3, 0.4) is 0 Å². The average molecular weight is 257 g/mol. The van der Waals surface area contributed by atoms with Gasteiger partial charge in [-0.3, -0.25) is 0 Å². The minimum Gasteiger partial charge on any atom is -0.423 e. The van der Waals surface area contributed by atoms with Crippen molar-refractivity contribution in [2.75, 3.05) is 18.0 Å². The molecule has 5 nitrogen and oxygen atoms in total. The van der Waals surface area contributed by atoms with Crippen LogP contribution in [0, 0.1) is 0 Å². The first-order chi connectivity index (χ1) is 9.19. The highest BCUT2D eigenvalue weighted by Gasteiger charge is 2.09. The Morgan fingerprint density at radius 1 is 1.32 bits per heavy atom. The van der Waals surface area contributed by atoms with Gasteiger partial charge in [0, 0.05) is 36.3 Å². The first kappa shape index (κ1) is 13.1. The maximum Gasteiger partial charge on any atom is 0.337 e. The van der Waals surface area contributed by atoms with Crippen LogP contribution in [0.4, 0.5) is 5.69 Å². The fourth-order valence-corrected chi connectivity index (χ4v) is 2.13. The molecule has 0 aliphatic carbocycles. The molecule has 0 saturated heterocycles. The molecular weight excluding hydrogens is 242 g/mol. The molecule has 0 bridgehead atoms. The molecule has 0 fully saturated rings. The van der Waals surface area contributed by atoms with Gasteiger partial charge in [0.25, 0.3) is 6.21 Å². The Morgan fingerprint density at radius 3 is 2.68 bits per heavy atom. The lowest BCUT2D eigenvalue weighted by atomic mass is 10.1. The van der Waals surface area contributed by atoms with Crippen molar-refractivity contribution >= 4 is 22.9 Å². The van der Waals surface area contributed by atoms with E-state index in [-0.39, 0.29) is 0 Å². The maximum atomic E-state index is 11.5. The van der Waals surface area contributed by atoms with Gasteiger partial charge in [-0.2, -0.15) is 4.79 Å². The summed E-state index contributed by atoms with van der Waals surface area (Å²) in [5.74, 6) is 0. The van der Waals surface area contributed by atoms with E-state index in [1.54, 1.807) is 0 Å². The van der Waals surface area contributed by atoms with E-state index in [1.807, 2.05) is 18.2 Å². The molecule has 0 unspecified atom stereocenters. The number of nitrogens with zero attached hydrogens (tertiary/aromatic N) is 3. The molecule has 0 spiro atoms. The first-order valence-corrected chi connectivity index (χ1v) is 6.19. The van der Waals surface area contributed by atoms with Crippen molar-refractivity contribution in [1.82, 2.24) is 0 Å². The van der Waals surface area contributed by atoms with Crippen molar-refractivity contribution in [2.24, 2.45) is 0 Å². The Balaban J connectivity index is 2.67. The van der Waals surface area contributed by atoms with Crippen LogP contribution in [0.25, 0.3) is 16.5 Å².